The molecule has 0 unspecified atom stereocenters. The van der Waals surface area contributed by atoms with Gasteiger partial charge in [-0.15, -0.1) is 5.10 Å². The van der Waals surface area contributed by atoms with Gasteiger partial charge in [0, 0.05) is 18.7 Å². The molecule has 90 valence electrons. The van der Waals surface area contributed by atoms with Crippen LogP contribution in [0.1, 0.15) is 5.69 Å². The fourth-order valence-electron chi connectivity index (χ4n) is 1.46. The molecule has 2 aromatic rings. The fraction of sp³-hybridized carbons (Fsp3) is 0.200. The molecular weight excluding hydrogens is 233 g/mol. The molecular formula is C10H9F3N4. The molecule has 0 saturated carbocycles. The van der Waals surface area contributed by atoms with Crippen molar-refractivity contribution in [2.24, 2.45) is 0 Å². The Balaban J connectivity index is 2.56. The molecule has 1 N–H and O–H groups in total. The van der Waals surface area contributed by atoms with E-state index in [2.05, 4.69) is 15.6 Å². The SMILES string of the molecule is CNCc1cnnn1-c1cc(F)cc(F)c1F. The number of nitrogens with zero attached hydrogens (tertiary/aromatic N) is 3. The summed E-state index contributed by atoms with van der Waals surface area (Å²) < 4.78 is 40.7. The van der Waals surface area contributed by atoms with E-state index in [0.29, 0.717) is 18.3 Å². The number of halogens is 3. The van der Waals surface area contributed by atoms with Crippen molar-refractivity contribution in [1.82, 2.24) is 20.3 Å². The first-order valence-electron chi connectivity index (χ1n) is 4.82. The first-order valence-corrected chi connectivity index (χ1v) is 4.82. The number of aromatic nitrogens is 3. The maximum absolute atomic E-state index is 13.5. The molecule has 0 atom stereocenters. The lowest BCUT2D eigenvalue weighted by atomic mass is 10.2. The second kappa shape index (κ2) is 4.54. The van der Waals surface area contributed by atoms with Crippen molar-refractivity contribution in [3.05, 3.63) is 41.5 Å². The lowest BCUT2D eigenvalue weighted by Crippen LogP contribution is -2.12. The van der Waals surface area contributed by atoms with Gasteiger partial charge in [-0.05, 0) is 7.05 Å². The Morgan fingerprint density at radius 2 is 2.06 bits per heavy atom. The lowest BCUT2D eigenvalue weighted by molar-refractivity contribution is 0.485. The summed E-state index contributed by atoms with van der Waals surface area (Å²) >= 11 is 0. The molecule has 7 heteroatoms. The van der Waals surface area contributed by atoms with Crippen molar-refractivity contribution in [3.8, 4) is 5.69 Å². The van der Waals surface area contributed by atoms with E-state index in [9.17, 15) is 13.2 Å². The van der Waals surface area contributed by atoms with E-state index in [4.69, 9.17) is 0 Å². The third-order valence-corrected chi connectivity index (χ3v) is 2.18. The van der Waals surface area contributed by atoms with Gasteiger partial charge in [0.05, 0.1) is 11.9 Å². The standard InChI is InChI=1S/C10H9F3N4/c1-14-4-7-5-15-16-17(7)9-3-6(11)2-8(12)10(9)13/h2-3,5,14H,4H2,1H3. The highest BCUT2D eigenvalue weighted by atomic mass is 19.2. The second-order valence-corrected chi connectivity index (χ2v) is 3.39. The molecule has 0 radical (unpaired) electrons. The summed E-state index contributed by atoms with van der Waals surface area (Å²) in [6, 6.07) is 1.35. The zero-order valence-electron chi connectivity index (χ0n) is 8.91. The summed E-state index contributed by atoms with van der Waals surface area (Å²) in [7, 11) is 1.68. The van der Waals surface area contributed by atoms with Gasteiger partial charge in [0.1, 0.15) is 11.5 Å². The minimum atomic E-state index is -1.26. The summed E-state index contributed by atoms with van der Waals surface area (Å²) in [4.78, 5) is 0. The van der Waals surface area contributed by atoms with E-state index in [0.717, 1.165) is 10.7 Å². The molecule has 0 amide bonds. The first kappa shape index (κ1) is 11.6. The van der Waals surface area contributed by atoms with Crippen LogP contribution in [0.5, 0.6) is 0 Å². The average molecular weight is 242 g/mol. The van der Waals surface area contributed by atoms with Crippen LogP contribution in [-0.2, 0) is 6.54 Å². The lowest BCUT2D eigenvalue weighted by Gasteiger charge is -2.07. The van der Waals surface area contributed by atoms with Gasteiger partial charge in [-0.1, -0.05) is 5.21 Å². The molecule has 1 aromatic carbocycles. The quantitative estimate of drug-likeness (QED) is 0.827. The van der Waals surface area contributed by atoms with Crippen LogP contribution in [0, 0.1) is 17.5 Å². The first-order chi connectivity index (χ1) is 8.13. The van der Waals surface area contributed by atoms with Gasteiger partial charge in [0.2, 0.25) is 0 Å². The Bertz CT molecular complexity index is 538. The van der Waals surface area contributed by atoms with Gasteiger partial charge in [-0.3, -0.25) is 0 Å². The predicted molar refractivity (Wildman–Crippen MR) is 54.0 cm³/mol. The molecule has 1 heterocycles. The molecule has 0 aliphatic heterocycles. The average Bonchev–Trinajstić information content (AvgIpc) is 2.72. The Morgan fingerprint density at radius 1 is 1.29 bits per heavy atom. The van der Waals surface area contributed by atoms with Crippen LogP contribution in [0.2, 0.25) is 0 Å². The molecule has 0 saturated heterocycles. The normalized spacial score (nSPS) is 10.8. The minimum Gasteiger partial charge on any atom is -0.314 e. The molecule has 0 fully saturated rings. The summed E-state index contributed by atoms with van der Waals surface area (Å²) in [6.45, 7) is 0.352. The van der Waals surface area contributed by atoms with Crippen molar-refractivity contribution in [2.75, 3.05) is 7.05 Å². The Morgan fingerprint density at radius 3 is 2.76 bits per heavy atom. The molecule has 0 bridgehead atoms. The van der Waals surface area contributed by atoms with E-state index in [1.807, 2.05) is 0 Å². The van der Waals surface area contributed by atoms with E-state index in [-0.39, 0.29) is 5.69 Å². The predicted octanol–water partition coefficient (Wildman–Crippen LogP) is 1.40. The van der Waals surface area contributed by atoms with Crippen molar-refractivity contribution in [1.29, 1.82) is 0 Å². The maximum Gasteiger partial charge on any atom is 0.184 e. The van der Waals surface area contributed by atoms with Crippen LogP contribution in [0.25, 0.3) is 5.69 Å². The van der Waals surface area contributed by atoms with Crippen LogP contribution < -0.4 is 5.32 Å². The van der Waals surface area contributed by atoms with Crippen molar-refractivity contribution in [3.63, 3.8) is 0 Å². The molecule has 4 nitrogen and oxygen atoms in total. The maximum atomic E-state index is 13.5. The molecule has 2 rings (SSSR count). The van der Waals surface area contributed by atoms with E-state index in [1.165, 1.54) is 6.20 Å². The summed E-state index contributed by atoms with van der Waals surface area (Å²) in [5, 5.41) is 10.00. The largest absolute Gasteiger partial charge is 0.314 e. The van der Waals surface area contributed by atoms with Crippen molar-refractivity contribution >= 4 is 0 Å². The summed E-state index contributed by atoms with van der Waals surface area (Å²) in [5.41, 5.74) is 0.196. The Kier molecular flexibility index (Phi) is 3.10. The molecule has 0 aliphatic carbocycles. The highest BCUT2D eigenvalue weighted by Crippen LogP contribution is 2.18. The number of benzene rings is 1. The highest BCUT2D eigenvalue weighted by molar-refractivity contribution is 5.35. The number of hydrogen-bond donors (Lipinski definition) is 1. The zero-order chi connectivity index (χ0) is 12.4. The van der Waals surface area contributed by atoms with E-state index in [1.54, 1.807) is 7.05 Å². The van der Waals surface area contributed by atoms with E-state index >= 15 is 0 Å². The molecule has 17 heavy (non-hydrogen) atoms. The number of hydrogen-bond acceptors (Lipinski definition) is 3. The minimum absolute atomic E-state index is 0.301. The van der Waals surface area contributed by atoms with Gasteiger partial charge in [0.15, 0.2) is 11.6 Å². The topological polar surface area (TPSA) is 42.7 Å². The Labute approximate surface area is 95.1 Å². The van der Waals surface area contributed by atoms with Crippen LogP contribution >= 0.6 is 0 Å². The van der Waals surface area contributed by atoms with Gasteiger partial charge in [0.25, 0.3) is 0 Å². The van der Waals surface area contributed by atoms with Gasteiger partial charge in [-0.25, -0.2) is 17.9 Å². The summed E-state index contributed by atoms with van der Waals surface area (Å²) in [5.74, 6) is -3.29. The van der Waals surface area contributed by atoms with Crippen molar-refractivity contribution in [2.45, 2.75) is 6.54 Å². The van der Waals surface area contributed by atoms with Gasteiger partial charge in [-0.2, -0.15) is 0 Å². The smallest absolute Gasteiger partial charge is 0.184 e. The monoisotopic (exact) mass is 242 g/mol. The van der Waals surface area contributed by atoms with Crippen LogP contribution in [0.3, 0.4) is 0 Å². The van der Waals surface area contributed by atoms with Crippen LogP contribution in [0.4, 0.5) is 13.2 Å². The fourth-order valence-corrected chi connectivity index (χ4v) is 1.46. The van der Waals surface area contributed by atoms with Crippen LogP contribution in [0.15, 0.2) is 18.3 Å². The second-order valence-electron chi connectivity index (χ2n) is 3.39. The Hall–Kier alpha value is -1.89. The number of rotatable bonds is 3. The number of nitrogens with one attached hydrogen (secondary N) is 1. The van der Waals surface area contributed by atoms with Gasteiger partial charge < -0.3 is 5.32 Å². The molecule has 0 aliphatic rings. The molecule has 1 aromatic heterocycles. The van der Waals surface area contributed by atoms with E-state index < -0.39 is 17.5 Å². The summed E-state index contributed by atoms with van der Waals surface area (Å²) in [6.07, 6.45) is 1.39. The van der Waals surface area contributed by atoms with Gasteiger partial charge >= 0.3 is 0 Å². The van der Waals surface area contributed by atoms with Crippen LogP contribution in [-0.4, -0.2) is 22.0 Å². The molecule has 0 spiro atoms. The highest BCUT2D eigenvalue weighted by Gasteiger charge is 2.15. The zero-order valence-corrected chi connectivity index (χ0v) is 8.91. The van der Waals surface area contributed by atoms with Crippen molar-refractivity contribution < 1.29 is 13.2 Å². The third kappa shape index (κ3) is 2.14. The third-order valence-electron chi connectivity index (χ3n) is 2.18.